The number of rotatable bonds is 5. The third kappa shape index (κ3) is 4.05. The summed E-state index contributed by atoms with van der Waals surface area (Å²) in [6.45, 7) is 4.66. The van der Waals surface area contributed by atoms with Crippen molar-refractivity contribution in [1.82, 2.24) is 5.32 Å². The fourth-order valence-corrected chi connectivity index (χ4v) is 2.11. The van der Waals surface area contributed by atoms with Gasteiger partial charge >= 0.3 is 0 Å². The van der Waals surface area contributed by atoms with Gasteiger partial charge in [-0.15, -0.1) is 0 Å². The van der Waals surface area contributed by atoms with E-state index in [4.69, 9.17) is 4.74 Å². The van der Waals surface area contributed by atoms with Crippen molar-refractivity contribution in [2.45, 2.75) is 26.4 Å². The monoisotopic (exact) mass is 337 g/mol. The number of benzene rings is 2. The Balaban J connectivity index is 2.24. The van der Waals surface area contributed by atoms with E-state index in [1.165, 1.54) is 12.1 Å². The van der Waals surface area contributed by atoms with Crippen LogP contribution in [0, 0.1) is 5.82 Å². The summed E-state index contributed by atoms with van der Waals surface area (Å²) in [4.78, 5) is 0. The molecule has 0 unspecified atom stereocenters. The molecule has 2 nitrogen and oxygen atoms in total. The standard InChI is InChI=1S/C16H17BrFNO/c1-11(2)19-10-12-9-13(18)7-8-15(12)20-16-6-4-3-5-14(16)17/h3-9,11,19H,10H2,1-2H3. The van der Waals surface area contributed by atoms with Gasteiger partial charge in [0.25, 0.3) is 0 Å². The molecule has 0 amide bonds. The van der Waals surface area contributed by atoms with E-state index >= 15 is 0 Å². The van der Waals surface area contributed by atoms with Crippen molar-refractivity contribution in [3.8, 4) is 11.5 Å². The number of ether oxygens (including phenoxy) is 1. The van der Waals surface area contributed by atoms with Crippen LogP contribution in [0.1, 0.15) is 19.4 Å². The quantitative estimate of drug-likeness (QED) is 0.839. The van der Waals surface area contributed by atoms with Crippen LogP contribution < -0.4 is 10.1 Å². The lowest BCUT2D eigenvalue weighted by molar-refractivity contribution is 0.464. The van der Waals surface area contributed by atoms with Crippen molar-refractivity contribution in [2.24, 2.45) is 0 Å². The molecule has 0 saturated carbocycles. The highest BCUT2D eigenvalue weighted by Gasteiger charge is 2.09. The minimum absolute atomic E-state index is 0.259. The van der Waals surface area contributed by atoms with Gasteiger partial charge in [0, 0.05) is 18.2 Å². The molecule has 0 bridgehead atoms. The van der Waals surface area contributed by atoms with Gasteiger partial charge in [-0.25, -0.2) is 4.39 Å². The number of nitrogens with one attached hydrogen (secondary N) is 1. The first kappa shape index (κ1) is 15.0. The molecule has 0 atom stereocenters. The van der Waals surface area contributed by atoms with Crippen molar-refractivity contribution in [1.29, 1.82) is 0 Å². The third-order valence-corrected chi connectivity index (χ3v) is 3.43. The predicted molar refractivity (Wildman–Crippen MR) is 82.6 cm³/mol. The van der Waals surface area contributed by atoms with Crippen molar-refractivity contribution < 1.29 is 9.13 Å². The van der Waals surface area contributed by atoms with E-state index in [9.17, 15) is 4.39 Å². The molecular weight excluding hydrogens is 321 g/mol. The fraction of sp³-hybridized carbons (Fsp3) is 0.250. The molecule has 2 aromatic carbocycles. The van der Waals surface area contributed by atoms with Gasteiger partial charge in [0.1, 0.15) is 17.3 Å². The van der Waals surface area contributed by atoms with Crippen molar-refractivity contribution >= 4 is 15.9 Å². The normalized spacial score (nSPS) is 10.8. The number of hydrogen-bond acceptors (Lipinski definition) is 2. The topological polar surface area (TPSA) is 21.3 Å². The zero-order valence-electron chi connectivity index (χ0n) is 11.5. The molecule has 0 aliphatic carbocycles. The van der Waals surface area contributed by atoms with Gasteiger partial charge in [-0.2, -0.15) is 0 Å². The van der Waals surface area contributed by atoms with E-state index in [1.807, 2.05) is 38.1 Å². The van der Waals surface area contributed by atoms with Crippen LogP contribution in [-0.4, -0.2) is 6.04 Å². The second-order valence-corrected chi connectivity index (χ2v) is 5.67. The van der Waals surface area contributed by atoms with Crippen LogP contribution in [-0.2, 0) is 6.54 Å². The second-order valence-electron chi connectivity index (χ2n) is 4.82. The number of para-hydroxylation sites is 1. The van der Waals surface area contributed by atoms with Gasteiger partial charge in [0.05, 0.1) is 4.47 Å². The number of halogens is 2. The molecule has 0 radical (unpaired) electrons. The van der Waals surface area contributed by atoms with Crippen LogP contribution in [0.2, 0.25) is 0 Å². The van der Waals surface area contributed by atoms with E-state index < -0.39 is 0 Å². The molecule has 0 saturated heterocycles. The Labute approximate surface area is 127 Å². The molecule has 0 aliphatic rings. The van der Waals surface area contributed by atoms with E-state index in [0.717, 1.165) is 10.0 Å². The lowest BCUT2D eigenvalue weighted by Gasteiger charge is -2.14. The van der Waals surface area contributed by atoms with Gasteiger partial charge in [-0.1, -0.05) is 26.0 Å². The zero-order valence-corrected chi connectivity index (χ0v) is 13.1. The Kier molecular flexibility index (Phi) is 5.15. The molecule has 0 fully saturated rings. The smallest absolute Gasteiger partial charge is 0.141 e. The Morgan fingerprint density at radius 2 is 1.90 bits per heavy atom. The average Bonchev–Trinajstić information content (AvgIpc) is 2.41. The Hall–Kier alpha value is -1.39. The highest BCUT2D eigenvalue weighted by atomic mass is 79.9. The molecule has 0 aliphatic heterocycles. The highest BCUT2D eigenvalue weighted by Crippen LogP contribution is 2.31. The maximum absolute atomic E-state index is 13.4. The fourth-order valence-electron chi connectivity index (χ4n) is 1.75. The lowest BCUT2D eigenvalue weighted by Crippen LogP contribution is -2.22. The first-order valence-corrected chi connectivity index (χ1v) is 7.30. The van der Waals surface area contributed by atoms with Crippen molar-refractivity contribution in [3.05, 3.63) is 58.3 Å². The summed E-state index contributed by atoms with van der Waals surface area (Å²) in [5, 5.41) is 3.27. The third-order valence-electron chi connectivity index (χ3n) is 2.78. The van der Waals surface area contributed by atoms with Gasteiger partial charge < -0.3 is 10.1 Å². The molecule has 0 spiro atoms. The van der Waals surface area contributed by atoms with Crippen LogP contribution in [0.25, 0.3) is 0 Å². The SMILES string of the molecule is CC(C)NCc1cc(F)ccc1Oc1ccccc1Br. The zero-order chi connectivity index (χ0) is 14.5. The van der Waals surface area contributed by atoms with Gasteiger partial charge in [0.2, 0.25) is 0 Å². The van der Waals surface area contributed by atoms with Crippen molar-refractivity contribution in [3.63, 3.8) is 0 Å². The van der Waals surface area contributed by atoms with Gasteiger partial charge in [-0.05, 0) is 46.3 Å². The molecule has 4 heteroatoms. The van der Waals surface area contributed by atoms with Crippen molar-refractivity contribution in [2.75, 3.05) is 0 Å². The molecule has 2 rings (SSSR count). The molecule has 0 aromatic heterocycles. The molecule has 1 N–H and O–H groups in total. The first-order chi connectivity index (χ1) is 9.56. The second kappa shape index (κ2) is 6.86. The summed E-state index contributed by atoms with van der Waals surface area (Å²) in [6.07, 6.45) is 0. The summed E-state index contributed by atoms with van der Waals surface area (Å²) in [6, 6.07) is 12.5. The van der Waals surface area contributed by atoms with Gasteiger partial charge in [-0.3, -0.25) is 0 Å². The van der Waals surface area contributed by atoms with E-state index in [0.29, 0.717) is 24.1 Å². The van der Waals surface area contributed by atoms with Gasteiger partial charge in [0.15, 0.2) is 0 Å². The molecule has 20 heavy (non-hydrogen) atoms. The average molecular weight is 338 g/mol. The molecular formula is C16H17BrFNO. The maximum Gasteiger partial charge on any atom is 0.141 e. The summed E-state index contributed by atoms with van der Waals surface area (Å²) in [5.74, 6) is 1.11. The predicted octanol–water partition coefficient (Wildman–Crippen LogP) is 4.88. The summed E-state index contributed by atoms with van der Waals surface area (Å²) >= 11 is 3.44. The van der Waals surface area contributed by atoms with Crippen LogP contribution in [0.3, 0.4) is 0 Å². The van der Waals surface area contributed by atoms with E-state index in [2.05, 4.69) is 21.2 Å². The Morgan fingerprint density at radius 1 is 1.15 bits per heavy atom. The van der Waals surface area contributed by atoms with Crippen LogP contribution in [0.4, 0.5) is 4.39 Å². The first-order valence-electron chi connectivity index (χ1n) is 6.50. The van der Waals surface area contributed by atoms with E-state index in [1.54, 1.807) is 6.07 Å². The van der Waals surface area contributed by atoms with Crippen LogP contribution in [0.15, 0.2) is 46.9 Å². The summed E-state index contributed by atoms with van der Waals surface area (Å²) in [7, 11) is 0. The largest absolute Gasteiger partial charge is 0.456 e. The Morgan fingerprint density at radius 3 is 2.60 bits per heavy atom. The van der Waals surface area contributed by atoms with Crippen LogP contribution in [0.5, 0.6) is 11.5 Å². The maximum atomic E-state index is 13.4. The summed E-state index contributed by atoms with van der Waals surface area (Å²) in [5.41, 5.74) is 0.800. The molecule has 106 valence electrons. The highest BCUT2D eigenvalue weighted by molar-refractivity contribution is 9.10. The minimum Gasteiger partial charge on any atom is -0.456 e. The van der Waals surface area contributed by atoms with E-state index in [-0.39, 0.29) is 5.82 Å². The molecule has 0 heterocycles. The molecule has 2 aromatic rings. The minimum atomic E-state index is -0.259. The summed E-state index contributed by atoms with van der Waals surface area (Å²) < 4.78 is 20.1. The number of hydrogen-bond donors (Lipinski definition) is 1. The lowest BCUT2D eigenvalue weighted by atomic mass is 10.2. The van der Waals surface area contributed by atoms with Crippen LogP contribution >= 0.6 is 15.9 Å². The Bertz CT molecular complexity index is 586.